The van der Waals surface area contributed by atoms with E-state index in [1.165, 1.54) is 12.1 Å². The first kappa shape index (κ1) is 21.4. The average Bonchev–Trinajstić information content (AvgIpc) is 2.58. The molecule has 1 aromatic rings. The minimum Gasteiger partial charge on any atom is -0.452 e. The third-order valence-electron chi connectivity index (χ3n) is 3.86. The number of hydrogen-bond acceptors (Lipinski definition) is 6. The number of carbonyl (C=O) groups is 2. The maximum atomic E-state index is 12.0. The molecule has 8 heteroatoms. The first-order valence-electron chi connectivity index (χ1n) is 8.67. The standard InChI is InChI=1S/C18H27N3O5/c1-12(2)6-5-7-13(3)20-17(22)11-26-18(23)14-8-9-15(19-4)16(10-14)21(24)25/h8-10,12-13,19H,5-7,11H2,1-4H3,(H,20,22). The highest BCUT2D eigenvalue weighted by atomic mass is 16.6. The Labute approximate surface area is 153 Å². The van der Waals surface area contributed by atoms with Crippen molar-refractivity contribution in [2.24, 2.45) is 5.92 Å². The first-order chi connectivity index (χ1) is 12.2. The predicted molar refractivity (Wildman–Crippen MR) is 99.2 cm³/mol. The molecular weight excluding hydrogens is 338 g/mol. The van der Waals surface area contributed by atoms with Crippen molar-refractivity contribution in [2.45, 2.75) is 46.1 Å². The van der Waals surface area contributed by atoms with Crippen molar-refractivity contribution < 1.29 is 19.2 Å². The molecule has 0 radical (unpaired) electrons. The molecular formula is C18H27N3O5. The first-order valence-corrected chi connectivity index (χ1v) is 8.67. The number of nitrogens with one attached hydrogen (secondary N) is 2. The third kappa shape index (κ3) is 7.08. The van der Waals surface area contributed by atoms with E-state index >= 15 is 0 Å². The third-order valence-corrected chi connectivity index (χ3v) is 3.86. The summed E-state index contributed by atoms with van der Waals surface area (Å²) in [4.78, 5) is 34.3. The van der Waals surface area contributed by atoms with Gasteiger partial charge >= 0.3 is 5.97 Å². The van der Waals surface area contributed by atoms with Crippen LogP contribution in [-0.4, -0.2) is 36.5 Å². The minimum absolute atomic E-state index is 0.00375. The zero-order valence-electron chi connectivity index (χ0n) is 15.7. The van der Waals surface area contributed by atoms with E-state index in [1.54, 1.807) is 7.05 Å². The normalized spacial score (nSPS) is 11.7. The zero-order chi connectivity index (χ0) is 19.7. The number of nitro groups is 1. The lowest BCUT2D eigenvalue weighted by molar-refractivity contribution is -0.384. The minimum atomic E-state index is -0.779. The smallest absolute Gasteiger partial charge is 0.338 e. The molecule has 0 aromatic heterocycles. The Morgan fingerprint density at radius 1 is 1.23 bits per heavy atom. The van der Waals surface area contributed by atoms with Gasteiger partial charge in [-0.1, -0.05) is 26.7 Å². The van der Waals surface area contributed by atoms with E-state index in [2.05, 4.69) is 24.5 Å². The molecule has 1 amide bonds. The number of hydrogen-bond donors (Lipinski definition) is 2. The molecule has 0 saturated heterocycles. The molecule has 1 atom stereocenters. The number of nitro benzene ring substituents is 1. The van der Waals surface area contributed by atoms with Gasteiger partial charge in [0, 0.05) is 19.2 Å². The van der Waals surface area contributed by atoms with Gasteiger partial charge in [-0.05, 0) is 31.4 Å². The van der Waals surface area contributed by atoms with Crippen molar-refractivity contribution in [3.05, 3.63) is 33.9 Å². The van der Waals surface area contributed by atoms with E-state index in [-0.39, 0.29) is 17.3 Å². The number of anilines is 1. The summed E-state index contributed by atoms with van der Waals surface area (Å²) in [6, 6.07) is 3.95. The summed E-state index contributed by atoms with van der Waals surface area (Å²) in [5.74, 6) is -0.549. The molecule has 1 rings (SSSR count). The molecule has 0 aliphatic rings. The van der Waals surface area contributed by atoms with Crippen LogP contribution in [0.3, 0.4) is 0 Å². The van der Waals surface area contributed by atoms with Crippen LogP contribution in [0.2, 0.25) is 0 Å². The lowest BCUT2D eigenvalue weighted by Crippen LogP contribution is -2.35. The SMILES string of the molecule is CNc1ccc(C(=O)OCC(=O)NC(C)CCCC(C)C)cc1[N+](=O)[O-]. The van der Waals surface area contributed by atoms with Gasteiger partial charge in [-0.3, -0.25) is 14.9 Å². The molecule has 1 unspecified atom stereocenters. The highest BCUT2D eigenvalue weighted by Crippen LogP contribution is 2.25. The van der Waals surface area contributed by atoms with Crippen LogP contribution in [0.4, 0.5) is 11.4 Å². The molecule has 2 N–H and O–H groups in total. The Morgan fingerprint density at radius 3 is 2.50 bits per heavy atom. The van der Waals surface area contributed by atoms with Gasteiger partial charge in [-0.2, -0.15) is 0 Å². The Morgan fingerprint density at radius 2 is 1.92 bits per heavy atom. The molecule has 0 fully saturated rings. The van der Waals surface area contributed by atoms with Crippen molar-refractivity contribution in [3.63, 3.8) is 0 Å². The summed E-state index contributed by atoms with van der Waals surface area (Å²) >= 11 is 0. The van der Waals surface area contributed by atoms with Crippen LogP contribution in [-0.2, 0) is 9.53 Å². The number of nitrogens with zero attached hydrogens (tertiary/aromatic N) is 1. The second-order valence-corrected chi connectivity index (χ2v) is 6.61. The quantitative estimate of drug-likeness (QED) is 0.374. The van der Waals surface area contributed by atoms with Gasteiger partial charge in [0.05, 0.1) is 10.5 Å². The van der Waals surface area contributed by atoms with Gasteiger partial charge in [-0.25, -0.2) is 4.79 Å². The molecule has 8 nitrogen and oxygen atoms in total. The van der Waals surface area contributed by atoms with Crippen LogP contribution in [0.5, 0.6) is 0 Å². The summed E-state index contributed by atoms with van der Waals surface area (Å²) in [7, 11) is 1.55. The molecule has 0 saturated carbocycles. The maximum Gasteiger partial charge on any atom is 0.338 e. The van der Waals surface area contributed by atoms with E-state index in [4.69, 9.17) is 4.74 Å². The number of amides is 1. The molecule has 0 heterocycles. The van der Waals surface area contributed by atoms with Crippen LogP contribution < -0.4 is 10.6 Å². The highest BCUT2D eigenvalue weighted by Gasteiger charge is 2.18. The second kappa shape index (κ2) is 10.4. The van der Waals surface area contributed by atoms with Crippen LogP contribution in [0.1, 0.15) is 50.4 Å². The van der Waals surface area contributed by atoms with Gasteiger partial charge < -0.3 is 15.4 Å². The van der Waals surface area contributed by atoms with Crippen molar-refractivity contribution in [1.82, 2.24) is 5.32 Å². The van der Waals surface area contributed by atoms with Crippen molar-refractivity contribution in [2.75, 3.05) is 19.0 Å². The number of ether oxygens (including phenoxy) is 1. The Kier molecular flexibility index (Phi) is 8.54. The Bertz CT molecular complexity index is 646. The number of rotatable bonds is 10. The van der Waals surface area contributed by atoms with Gasteiger partial charge in [0.25, 0.3) is 11.6 Å². The molecule has 0 aliphatic carbocycles. The van der Waals surface area contributed by atoms with Crippen LogP contribution in [0.25, 0.3) is 0 Å². The number of esters is 1. The van der Waals surface area contributed by atoms with Crippen LogP contribution in [0, 0.1) is 16.0 Å². The van der Waals surface area contributed by atoms with E-state index in [1.807, 2.05) is 6.92 Å². The number of carbonyl (C=O) groups excluding carboxylic acids is 2. The van der Waals surface area contributed by atoms with E-state index in [0.29, 0.717) is 11.6 Å². The van der Waals surface area contributed by atoms with Crippen molar-refractivity contribution in [3.8, 4) is 0 Å². The molecule has 0 spiro atoms. The van der Waals surface area contributed by atoms with E-state index in [0.717, 1.165) is 25.3 Å². The largest absolute Gasteiger partial charge is 0.452 e. The van der Waals surface area contributed by atoms with Gasteiger partial charge in [0.1, 0.15) is 5.69 Å². The second-order valence-electron chi connectivity index (χ2n) is 6.61. The summed E-state index contributed by atoms with van der Waals surface area (Å²) in [5, 5.41) is 16.5. The lowest BCUT2D eigenvalue weighted by Gasteiger charge is -2.14. The van der Waals surface area contributed by atoms with Crippen molar-refractivity contribution in [1.29, 1.82) is 0 Å². The molecule has 0 aliphatic heterocycles. The van der Waals surface area contributed by atoms with Gasteiger partial charge in [-0.15, -0.1) is 0 Å². The average molecular weight is 365 g/mol. The van der Waals surface area contributed by atoms with Crippen molar-refractivity contribution >= 4 is 23.3 Å². The molecule has 26 heavy (non-hydrogen) atoms. The van der Waals surface area contributed by atoms with E-state index < -0.39 is 23.4 Å². The Hall–Kier alpha value is -2.64. The lowest BCUT2D eigenvalue weighted by atomic mass is 10.0. The monoisotopic (exact) mass is 365 g/mol. The summed E-state index contributed by atoms with van der Waals surface area (Å²) in [5.41, 5.74) is 0.0816. The fourth-order valence-corrected chi connectivity index (χ4v) is 2.46. The summed E-state index contributed by atoms with van der Waals surface area (Å²) < 4.78 is 4.95. The predicted octanol–water partition coefficient (Wildman–Crippen LogP) is 3.12. The van der Waals surface area contributed by atoms with Crippen LogP contribution in [0.15, 0.2) is 18.2 Å². The molecule has 144 valence electrons. The zero-order valence-corrected chi connectivity index (χ0v) is 15.7. The molecule has 1 aromatic carbocycles. The van der Waals surface area contributed by atoms with Crippen LogP contribution >= 0.6 is 0 Å². The summed E-state index contributed by atoms with van der Waals surface area (Å²) in [6.45, 7) is 5.78. The topological polar surface area (TPSA) is 111 Å². The Balaban J connectivity index is 2.52. The summed E-state index contributed by atoms with van der Waals surface area (Å²) in [6.07, 6.45) is 2.96. The van der Waals surface area contributed by atoms with E-state index in [9.17, 15) is 19.7 Å². The highest BCUT2D eigenvalue weighted by molar-refractivity contribution is 5.93. The fraction of sp³-hybridized carbons (Fsp3) is 0.556. The van der Waals surface area contributed by atoms with Gasteiger partial charge in [0.15, 0.2) is 6.61 Å². The van der Waals surface area contributed by atoms with Gasteiger partial charge in [0.2, 0.25) is 0 Å². The number of benzene rings is 1. The fourth-order valence-electron chi connectivity index (χ4n) is 2.46. The molecule has 0 bridgehead atoms. The maximum absolute atomic E-state index is 12.0.